The van der Waals surface area contributed by atoms with Gasteiger partial charge in [-0.2, -0.15) is 0 Å². The number of carbonyl (C=O) groups excluding carboxylic acids is 1. The number of rotatable bonds is 21. The molecule has 28 heavy (non-hydrogen) atoms. The predicted molar refractivity (Wildman–Crippen MR) is 119 cm³/mol. The molecule has 0 aromatic heterocycles. The Morgan fingerprint density at radius 2 is 1.21 bits per heavy atom. The van der Waals surface area contributed by atoms with E-state index >= 15 is 0 Å². The third kappa shape index (κ3) is 20.1. The Morgan fingerprint density at radius 1 is 0.714 bits per heavy atom. The summed E-state index contributed by atoms with van der Waals surface area (Å²) >= 11 is 0. The first-order valence-corrected chi connectivity index (χ1v) is 12.0. The fourth-order valence-electron chi connectivity index (χ4n) is 3.51. The second kappa shape index (κ2) is 19.7. The van der Waals surface area contributed by atoms with E-state index in [2.05, 4.69) is 25.8 Å². The molecule has 0 saturated heterocycles. The van der Waals surface area contributed by atoms with Crippen molar-refractivity contribution >= 4 is 5.97 Å². The molecular weight excluding hydrogens is 350 g/mol. The Balaban J connectivity index is 3.35. The van der Waals surface area contributed by atoms with Crippen molar-refractivity contribution in [2.24, 2.45) is 0 Å². The van der Waals surface area contributed by atoms with Gasteiger partial charge in [0.2, 0.25) is 0 Å². The highest BCUT2D eigenvalue weighted by molar-refractivity contribution is 5.68. The molecule has 0 bridgehead atoms. The first-order chi connectivity index (χ1) is 13.5. The first kappa shape index (κ1) is 27.4. The quantitative estimate of drug-likeness (QED) is 0.0958. The Hall–Kier alpha value is -0.610. The molecule has 0 radical (unpaired) electrons. The minimum atomic E-state index is -0.0767. The van der Waals surface area contributed by atoms with E-state index in [4.69, 9.17) is 4.74 Å². The molecule has 0 amide bonds. The van der Waals surface area contributed by atoms with Crippen LogP contribution in [0.15, 0.2) is 0 Å². The van der Waals surface area contributed by atoms with Crippen LogP contribution in [0.3, 0.4) is 0 Å². The van der Waals surface area contributed by atoms with Gasteiger partial charge in [-0.3, -0.25) is 4.79 Å². The average Bonchev–Trinajstić information content (AvgIpc) is 2.67. The SMILES string of the molecule is CCCCCCCCCOC[N+](C)(C)CCCCCCCCCCC(=O)OC. The van der Waals surface area contributed by atoms with Crippen molar-refractivity contribution < 1.29 is 18.8 Å². The van der Waals surface area contributed by atoms with E-state index in [1.54, 1.807) is 0 Å². The Morgan fingerprint density at radius 3 is 1.79 bits per heavy atom. The van der Waals surface area contributed by atoms with Crippen molar-refractivity contribution in [1.29, 1.82) is 0 Å². The van der Waals surface area contributed by atoms with E-state index in [0.29, 0.717) is 6.42 Å². The van der Waals surface area contributed by atoms with Gasteiger partial charge in [0.25, 0.3) is 0 Å². The Kier molecular flexibility index (Phi) is 19.3. The number of unbranched alkanes of at least 4 members (excludes halogenated alkanes) is 13. The fourth-order valence-corrected chi connectivity index (χ4v) is 3.51. The molecular formula is C24H50NO3+. The third-order valence-corrected chi connectivity index (χ3v) is 5.46. The largest absolute Gasteiger partial charge is 0.469 e. The minimum absolute atomic E-state index is 0.0767. The van der Waals surface area contributed by atoms with Crippen LogP contribution in [0.25, 0.3) is 0 Å². The molecule has 0 aromatic rings. The number of methoxy groups -OCH3 is 1. The molecule has 0 unspecified atom stereocenters. The summed E-state index contributed by atoms with van der Waals surface area (Å²) in [6.45, 7) is 5.24. The molecule has 0 aliphatic carbocycles. The number of hydrogen-bond donors (Lipinski definition) is 0. The van der Waals surface area contributed by atoms with Crippen molar-refractivity contribution in [2.45, 2.75) is 110 Å². The van der Waals surface area contributed by atoms with Gasteiger partial charge in [-0.25, -0.2) is 0 Å². The summed E-state index contributed by atoms with van der Waals surface area (Å²) in [5, 5.41) is 0. The maximum atomic E-state index is 11.0. The monoisotopic (exact) mass is 400 g/mol. The Labute approximate surface area is 175 Å². The van der Waals surface area contributed by atoms with Gasteiger partial charge >= 0.3 is 5.97 Å². The molecule has 0 saturated carbocycles. The van der Waals surface area contributed by atoms with Crippen molar-refractivity contribution in [1.82, 2.24) is 0 Å². The van der Waals surface area contributed by atoms with E-state index in [1.807, 2.05) is 0 Å². The molecule has 4 nitrogen and oxygen atoms in total. The predicted octanol–water partition coefficient (Wildman–Crippen LogP) is 6.47. The van der Waals surface area contributed by atoms with E-state index < -0.39 is 0 Å². The topological polar surface area (TPSA) is 35.5 Å². The minimum Gasteiger partial charge on any atom is -0.469 e. The fraction of sp³-hybridized carbons (Fsp3) is 0.958. The summed E-state index contributed by atoms with van der Waals surface area (Å²) in [7, 11) is 6.03. The van der Waals surface area contributed by atoms with Crippen LogP contribution < -0.4 is 0 Å². The zero-order valence-electron chi connectivity index (χ0n) is 19.6. The van der Waals surface area contributed by atoms with E-state index in [0.717, 1.165) is 30.7 Å². The van der Waals surface area contributed by atoms with Crippen LogP contribution in [-0.4, -0.2) is 51.5 Å². The second-order valence-corrected chi connectivity index (χ2v) is 8.97. The van der Waals surface area contributed by atoms with E-state index in [9.17, 15) is 4.79 Å². The summed E-state index contributed by atoms with van der Waals surface area (Å²) in [4.78, 5) is 11.0. The molecule has 0 aromatic carbocycles. The molecule has 0 N–H and O–H groups in total. The van der Waals surface area contributed by atoms with Gasteiger partial charge in [-0.05, 0) is 25.7 Å². The lowest BCUT2D eigenvalue weighted by Gasteiger charge is -2.29. The maximum Gasteiger partial charge on any atom is 0.305 e. The molecule has 0 heterocycles. The Bertz CT molecular complexity index is 345. The van der Waals surface area contributed by atoms with Gasteiger partial charge in [-0.1, -0.05) is 77.6 Å². The molecule has 0 fully saturated rings. The van der Waals surface area contributed by atoms with Crippen molar-refractivity contribution in [3.8, 4) is 0 Å². The van der Waals surface area contributed by atoms with Gasteiger partial charge in [-0.15, -0.1) is 0 Å². The summed E-state index contributed by atoms with van der Waals surface area (Å²) in [6, 6.07) is 0. The molecule has 0 rings (SSSR count). The number of hydrogen-bond acceptors (Lipinski definition) is 3. The van der Waals surface area contributed by atoms with Crippen LogP contribution in [0.2, 0.25) is 0 Å². The van der Waals surface area contributed by atoms with Gasteiger partial charge in [0, 0.05) is 6.42 Å². The van der Waals surface area contributed by atoms with Crippen molar-refractivity contribution in [3.63, 3.8) is 0 Å². The van der Waals surface area contributed by atoms with Crippen molar-refractivity contribution in [2.75, 3.05) is 41.1 Å². The first-order valence-electron chi connectivity index (χ1n) is 12.0. The number of carbonyl (C=O) groups is 1. The molecule has 0 atom stereocenters. The lowest BCUT2D eigenvalue weighted by atomic mass is 10.1. The summed E-state index contributed by atoms with van der Waals surface area (Å²) in [5.41, 5.74) is 0. The zero-order chi connectivity index (χ0) is 20.9. The van der Waals surface area contributed by atoms with Gasteiger partial charge in [0.15, 0.2) is 6.73 Å². The summed E-state index contributed by atoms with van der Waals surface area (Å²) < 4.78 is 11.6. The van der Waals surface area contributed by atoms with Crippen LogP contribution in [0, 0.1) is 0 Å². The third-order valence-electron chi connectivity index (χ3n) is 5.46. The lowest BCUT2D eigenvalue weighted by Crippen LogP contribution is -2.42. The van der Waals surface area contributed by atoms with Gasteiger partial charge in [0.1, 0.15) is 0 Å². The second-order valence-electron chi connectivity index (χ2n) is 8.97. The highest BCUT2D eigenvalue weighted by atomic mass is 16.5. The highest BCUT2D eigenvalue weighted by Crippen LogP contribution is 2.12. The summed E-state index contributed by atoms with van der Waals surface area (Å²) in [6.07, 6.45) is 19.9. The van der Waals surface area contributed by atoms with Crippen molar-refractivity contribution in [3.05, 3.63) is 0 Å². The van der Waals surface area contributed by atoms with E-state index in [-0.39, 0.29) is 5.97 Å². The highest BCUT2D eigenvalue weighted by Gasteiger charge is 2.14. The molecule has 0 aliphatic rings. The van der Waals surface area contributed by atoms with Crippen LogP contribution in [0.4, 0.5) is 0 Å². The van der Waals surface area contributed by atoms with Crippen LogP contribution in [0.1, 0.15) is 110 Å². The van der Waals surface area contributed by atoms with Gasteiger partial charge in [0.05, 0.1) is 34.4 Å². The van der Waals surface area contributed by atoms with Crippen LogP contribution >= 0.6 is 0 Å². The van der Waals surface area contributed by atoms with Crippen LogP contribution in [0.5, 0.6) is 0 Å². The molecule has 168 valence electrons. The van der Waals surface area contributed by atoms with Gasteiger partial charge < -0.3 is 14.0 Å². The lowest BCUT2D eigenvalue weighted by molar-refractivity contribution is -0.909. The smallest absolute Gasteiger partial charge is 0.305 e. The number of ether oxygens (including phenoxy) is 2. The molecule has 0 aliphatic heterocycles. The number of esters is 1. The number of nitrogens with zero attached hydrogens (tertiary/aromatic N) is 1. The van der Waals surface area contributed by atoms with E-state index in [1.165, 1.54) is 97.1 Å². The average molecular weight is 401 g/mol. The zero-order valence-corrected chi connectivity index (χ0v) is 19.6. The van der Waals surface area contributed by atoms with Crippen LogP contribution in [-0.2, 0) is 14.3 Å². The number of quaternary nitrogens is 1. The molecule has 4 heteroatoms. The molecule has 0 spiro atoms. The normalized spacial score (nSPS) is 11.7. The summed E-state index contributed by atoms with van der Waals surface area (Å²) in [5.74, 6) is -0.0767. The standard InChI is InChI=1S/C24H50NO3/c1-5-6-7-8-13-16-19-22-28-23-25(2,3)21-18-15-12-10-9-11-14-17-20-24(26)27-4/h5-23H2,1-4H3/q+1. The maximum absolute atomic E-state index is 11.0.